The summed E-state index contributed by atoms with van der Waals surface area (Å²) < 4.78 is 54.8. The van der Waals surface area contributed by atoms with Crippen LogP contribution in [0.3, 0.4) is 0 Å². The Morgan fingerprint density at radius 1 is 0.944 bits per heavy atom. The summed E-state index contributed by atoms with van der Waals surface area (Å²) in [5, 5.41) is 10.1. The lowest BCUT2D eigenvalue weighted by molar-refractivity contribution is -0.145. The lowest BCUT2D eigenvalue weighted by Crippen LogP contribution is -2.26. The van der Waals surface area contributed by atoms with Gasteiger partial charge in [-0.05, 0) is 79.7 Å². The van der Waals surface area contributed by atoms with Gasteiger partial charge in [0.25, 0.3) is 0 Å². The number of benzene rings is 3. The van der Waals surface area contributed by atoms with E-state index in [0.717, 1.165) is 12.1 Å². The van der Waals surface area contributed by atoms with E-state index in [-0.39, 0.29) is 29.0 Å². The molecule has 0 aromatic heterocycles. The molecule has 2 unspecified atom stereocenters. The third-order valence-electron chi connectivity index (χ3n) is 4.76. The van der Waals surface area contributed by atoms with Crippen LogP contribution in [0, 0.1) is 0 Å². The number of aliphatic carboxylic acids is 1. The van der Waals surface area contributed by atoms with Crippen molar-refractivity contribution < 1.29 is 37.3 Å². The highest BCUT2D eigenvalue weighted by atomic mass is 35.5. The van der Waals surface area contributed by atoms with Crippen LogP contribution in [-0.2, 0) is 11.0 Å². The highest BCUT2D eigenvalue weighted by Gasteiger charge is 2.30. The molecule has 0 aliphatic carbocycles. The van der Waals surface area contributed by atoms with Crippen molar-refractivity contribution in [1.82, 2.24) is 0 Å². The largest absolute Gasteiger partial charge is 0.487 e. The molecule has 0 aliphatic heterocycles. The molecule has 0 spiro atoms. The van der Waals surface area contributed by atoms with Crippen molar-refractivity contribution in [2.45, 2.75) is 31.7 Å². The van der Waals surface area contributed by atoms with E-state index in [4.69, 9.17) is 37.4 Å². The lowest BCUT2D eigenvalue weighted by atomic mass is 10.2. The van der Waals surface area contributed by atoms with Crippen LogP contribution < -0.4 is 14.2 Å². The minimum Gasteiger partial charge on any atom is -0.487 e. The molecule has 0 radical (unpaired) electrons. The zero-order valence-corrected chi connectivity index (χ0v) is 20.3. The first-order valence-corrected chi connectivity index (χ1v) is 11.4. The Bertz CT molecular complexity index is 1200. The second-order valence-corrected chi connectivity index (χ2v) is 8.45. The molecule has 1 N–H and O–H groups in total. The average molecular weight is 541 g/mol. The quantitative estimate of drug-likeness (QED) is 0.263. The van der Waals surface area contributed by atoms with Gasteiger partial charge in [0, 0.05) is 11.4 Å². The van der Waals surface area contributed by atoms with Crippen LogP contribution in [0.15, 0.2) is 78.9 Å². The fourth-order valence-electron chi connectivity index (χ4n) is 3.01. The SMILES string of the molecule is CC(/C=C/CC(Oc1ccc(Cl)cc1Cl)C(=O)O)Oc1ccc(Oc2ccc(C(F)(F)F)cc2)cc1. The van der Waals surface area contributed by atoms with Crippen molar-refractivity contribution in [2.75, 3.05) is 0 Å². The van der Waals surface area contributed by atoms with Gasteiger partial charge >= 0.3 is 12.1 Å². The maximum absolute atomic E-state index is 12.7. The molecule has 3 aromatic carbocycles. The molecule has 0 fully saturated rings. The van der Waals surface area contributed by atoms with Crippen LogP contribution in [0.25, 0.3) is 0 Å². The summed E-state index contributed by atoms with van der Waals surface area (Å²) in [6.07, 6.45) is -2.56. The molecule has 36 heavy (non-hydrogen) atoms. The minimum absolute atomic E-state index is 0.0713. The fourth-order valence-corrected chi connectivity index (χ4v) is 3.46. The number of ether oxygens (including phenoxy) is 3. The van der Waals surface area contributed by atoms with E-state index in [1.807, 2.05) is 0 Å². The van der Waals surface area contributed by atoms with E-state index < -0.39 is 23.8 Å². The topological polar surface area (TPSA) is 65.0 Å². The van der Waals surface area contributed by atoms with E-state index in [0.29, 0.717) is 16.5 Å². The van der Waals surface area contributed by atoms with E-state index in [1.54, 1.807) is 49.4 Å². The number of hydrogen-bond donors (Lipinski definition) is 1. The Kier molecular flexibility index (Phi) is 9.12. The second-order valence-electron chi connectivity index (χ2n) is 7.60. The van der Waals surface area contributed by atoms with Gasteiger partial charge in [-0.3, -0.25) is 0 Å². The summed E-state index contributed by atoms with van der Waals surface area (Å²) in [5.41, 5.74) is -0.754. The van der Waals surface area contributed by atoms with Gasteiger partial charge in [0.1, 0.15) is 29.1 Å². The van der Waals surface area contributed by atoms with Gasteiger partial charge in [-0.1, -0.05) is 29.3 Å². The molecular weight excluding hydrogens is 520 g/mol. The van der Waals surface area contributed by atoms with Crippen LogP contribution >= 0.6 is 23.2 Å². The molecule has 0 heterocycles. The molecule has 3 rings (SSSR count). The van der Waals surface area contributed by atoms with Crippen molar-refractivity contribution in [2.24, 2.45) is 0 Å². The van der Waals surface area contributed by atoms with Crippen LogP contribution in [0.1, 0.15) is 18.9 Å². The van der Waals surface area contributed by atoms with Crippen molar-refractivity contribution in [3.05, 3.63) is 94.5 Å². The maximum Gasteiger partial charge on any atom is 0.416 e. The normalized spacial score (nSPS) is 13.3. The van der Waals surface area contributed by atoms with Crippen LogP contribution in [-0.4, -0.2) is 23.3 Å². The standard InChI is InChI=1S/C26H21Cl2F3O5/c1-16(3-2-4-24(25(32)33)36-23-14-7-18(27)15-22(23)28)34-19-10-12-21(13-11-19)35-20-8-5-17(6-9-20)26(29,30)31/h2-3,5-16,24H,4H2,1H3,(H,32,33)/b3-2+. The van der Waals surface area contributed by atoms with E-state index in [2.05, 4.69) is 0 Å². The highest BCUT2D eigenvalue weighted by molar-refractivity contribution is 6.35. The monoisotopic (exact) mass is 540 g/mol. The van der Waals surface area contributed by atoms with Gasteiger partial charge < -0.3 is 19.3 Å². The number of halogens is 5. The van der Waals surface area contributed by atoms with Crippen molar-refractivity contribution in [3.8, 4) is 23.0 Å². The lowest BCUT2D eigenvalue weighted by Gasteiger charge is -2.15. The van der Waals surface area contributed by atoms with Crippen molar-refractivity contribution in [1.29, 1.82) is 0 Å². The molecule has 190 valence electrons. The Morgan fingerprint density at radius 2 is 1.53 bits per heavy atom. The molecular formula is C26H21Cl2F3O5. The molecule has 10 heteroatoms. The Labute approximate surface area is 215 Å². The van der Waals surface area contributed by atoms with Crippen molar-refractivity contribution >= 4 is 29.2 Å². The van der Waals surface area contributed by atoms with Gasteiger partial charge in [0.15, 0.2) is 6.10 Å². The summed E-state index contributed by atoms with van der Waals surface area (Å²) in [6, 6.07) is 15.4. The summed E-state index contributed by atoms with van der Waals surface area (Å²) >= 11 is 11.9. The first kappa shape index (κ1) is 27.2. The number of rotatable bonds is 10. The van der Waals surface area contributed by atoms with Crippen LogP contribution in [0.4, 0.5) is 13.2 Å². The Hall–Kier alpha value is -3.36. The summed E-state index contributed by atoms with van der Waals surface area (Å²) in [7, 11) is 0. The molecule has 5 nitrogen and oxygen atoms in total. The first-order valence-electron chi connectivity index (χ1n) is 10.6. The van der Waals surface area contributed by atoms with Crippen LogP contribution in [0.5, 0.6) is 23.0 Å². The number of hydrogen-bond acceptors (Lipinski definition) is 4. The average Bonchev–Trinajstić information content (AvgIpc) is 2.81. The summed E-state index contributed by atoms with van der Waals surface area (Å²) in [4.78, 5) is 11.6. The first-order chi connectivity index (χ1) is 17.0. The molecule has 0 saturated carbocycles. The number of carbonyl (C=O) groups is 1. The smallest absolute Gasteiger partial charge is 0.416 e. The van der Waals surface area contributed by atoms with Gasteiger partial charge in [0.05, 0.1) is 10.6 Å². The Balaban J connectivity index is 1.52. The van der Waals surface area contributed by atoms with Gasteiger partial charge in [-0.15, -0.1) is 0 Å². The predicted octanol–water partition coefficient (Wildman–Crippen LogP) is 8.05. The second kappa shape index (κ2) is 12.1. The Morgan fingerprint density at radius 3 is 2.08 bits per heavy atom. The predicted molar refractivity (Wildman–Crippen MR) is 130 cm³/mol. The molecule has 3 aromatic rings. The third-order valence-corrected chi connectivity index (χ3v) is 5.29. The molecule has 0 aliphatic rings. The number of carboxylic acid groups (broad SMARTS) is 1. The number of carboxylic acids is 1. The third kappa shape index (κ3) is 8.10. The molecule has 0 bridgehead atoms. The highest BCUT2D eigenvalue weighted by Crippen LogP contribution is 2.32. The van der Waals surface area contributed by atoms with E-state index >= 15 is 0 Å². The van der Waals surface area contributed by atoms with Gasteiger partial charge in [-0.25, -0.2) is 4.79 Å². The van der Waals surface area contributed by atoms with E-state index in [9.17, 15) is 23.1 Å². The fraction of sp³-hybridized carbons (Fsp3) is 0.192. The molecule has 0 amide bonds. The number of alkyl halides is 3. The summed E-state index contributed by atoms with van der Waals surface area (Å²) in [5.74, 6) is 0.272. The zero-order chi connectivity index (χ0) is 26.3. The maximum atomic E-state index is 12.7. The zero-order valence-electron chi connectivity index (χ0n) is 18.8. The van der Waals surface area contributed by atoms with Crippen molar-refractivity contribution in [3.63, 3.8) is 0 Å². The van der Waals surface area contributed by atoms with E-state index in [1.165, 1.54) is 24.3 Å². The van der Waals surface area contributed by atoms with Gasteiger partial charge in [-0.2, -0.15) is 13.2 Å². The molecule has 2 atom stereocenters. The minimum atomic E-state index is -4.41. The van der Waals surface area contributed by atoms with Crippen LogP contribution in [0.2, 0.25) is 10.0 Å². The molecule has 0 saturated heterocycles. The van der Waals surface area contributed by atoms with Gasteiger partial charge in [0.2, 0.25) is 0 Å². The summed E-state index contributed by atoms with van der Waals surface area (Å²) in [6.45, 7) is 1.77.